The molecule has 19 heavy (non-hydrogen) atoms. The molecule has 2 heterocycles. The first-order valence-corrected chi connectivity index (χ1v) is 7.81. The van der Waals surface area contributed by atoms with E-state index in [1.165, 1.54) is 0 Å². The van der Waals surface area contributed by atoms with Gasteiger partial charge in [-0.25, -0.2) is 0 Å². The van der Waals surface area contributed by atoms with Crippen molar-refractivity contribution >= 4 is 5.91 Å². The van der Waals surface area contributed by atoms with Gasteiger partial charge in [-0.2, -0.15) is 0 Å². The summed E-state index contributed by atoms with van der Waals surface area (Å²) in [5.41, 5.74) is 0. The highest BCUT2D eigenvalue weighted by atomic mass is 16.5. The molecule has 2 saturated heterocycles. The highest BCUT2D eigenvalue weighted by Crippen LogP contribution is 2.24. The molecular weight excluding hydrogens is 240 g/mol. The molecule has 1 amide bonds. The van der Waals surface area contributed by atoms with Crippen LogP contribution in [0.5, 0.6) is 0 Å². The fourth-order valence-corrected chi connectivity index (χ4v) is 3.08. The normalized spacial score (nSPS) is 33.1. The van der Waals surface area contributed by atoms with Gasteiger partial charge in [0.05, 0.1) is 18.8 Å². The van der Waals surface area contributed by atoms with Crippen LogP contribution in [0.4, 0.5) is 0 Å². The van der Waals surface area contributed by atoms with Crippen molar-refractivity contribution in [2.75, 3.05) is 19.8 Å². The first-order chi connectivity index (χ1) is 9.17. The lowest BCUT2D eigenvalue weighted by atomic mass is 9.99. The monoisotopic (exact) mass is 268 g/mol. The highest BCUT2D eigenvalue weighted by molar-refractivity contribution is 5.84. The van der Waals surface area contributed by atoms with E-state index < -0.39 is 0 Å². The Morgan fingerprint density at radius 2 is 2.26 bits per heavy atom. The van der Waals surface area contributed by atoms with Crippen LogP contribution in [0.15, 0.2) is 0 Å². The molecule has 0 aromatic rings. The van der Waals surface area contributed by atoms with Gasteiger partial charge in [0.25, 0.3) is 0 Å². The molecule has 2 fully saturated rings. The molecule has 0 aromatic heterocycles. The number of carbonyl (C=O) groups excluding carboxylic acids is 1. The van der Waals surface area contributed by atoms with E-state index in [1.807, 2.05) is 0 Å². The molecule has 0 radical (unpaired) electrons. The minimum absolute atomic E-state index is 0.0175. The van der Waals surface area contributed by atoms with Crippen LogP contribution in [0.3, 0.4) is 0 Å². The van der Waals surface area contributed by atoms with E-state index in [-0.39, 0.29) is 12.2 Å². The van der Waals surface area contributed by atoms with Crippen molar-refractivity contribution in [1.82, 2.24) is 10.2 Å². The van der Waals surface area contributed by atoms with Gasteiger partial charge in [0, 0.05) is 19.1 Å². The Morgan fingerprint density at radius 3 is 2.84 bits per heavy atom. The van der Waals surface area contributed by atoms with Crippen molar-refractivity contribution in [3.05, 3.63) is 0 Å². The lowest BCUT2D eigenvalue weighted by Crippen LogP contribution is -2.40. The van der Waals surface area contributed by atoms with Gasteiger partial charge in [0.2, 0.25) is 5.91 Å². The minimum atomic E-state index is 0.0175. The molecule has 0 aliphatic carbocycles. The molecule has 2 aliphatic heterocycles. The molecule has 0 spiro atoms. The fourth-order valence-electron chi connectivity index (χ4n) is 3.08. The van der Waals surface area contributed by atoms with E-state index in [0.29, 0.717) is 17.7 Å². The molecular formula is C15H28N2O2. The second kappa shape index (κ2) is 6.71. The molecule has 110 valence electrons. The molecule has 4 unspecified atom stereocenters. The van der Waals surface area contributed by atoms with Crippen molar-refractivity contribution in [2.45, 2.75) is 58.7 Å². The Hall–Kier alpha value is -0.610. The Kier molecular flexibility index (Phi) is 5.22. The van der Waals surface area contributed by atoms with E-state index in [9.17, 15) is 4.79 Å². The molecule has 4 nitrogen and oxygen atoms in total. The van der Waals surface area contributed by atoms with E-state index >= 15 is 0 Å². The van der Waals surface area contributed by atoms with Crippen molar-refractivity contribution in [1.29, 1.82) is 0 Å². The second-order valence-electron chi connectivity index (χ2n) is 6.05. The van der Waals surface area contributed by atoms with Gasteiger partial charge in [0.15, 0.2) is 0 Å². The van der Waals surface area contributed by atoms with E-state index in [4.69, 9.17) is 4.74 Å². The van der Waals surface area contributed by atoms with E-state index in [1.54, 1.807) is 0 Å². The summed E-state index contributed by atoms with van der Waals surface area (Å²) in [6, 6.07) is 0.0175. The topological polar surface area (TPSA) is 41.6 Å². The fraction of sp³-hybridized carbons (Fsp3) is 0.933. The third kappa shape index (κ3) is 3.29. The first kappa shape index (κ1) is 14.8. The molecule has 4 heteroatoms. The maximum absolute atomic E-state index is 12.6. The quantitative estimate of drug-likeness (QED) is 0.801. The van der Waals surface area contributed by atoms with Gasteiger partial charge in [-0.05, 0) is 18.8 Å². The Bertz CT molecular complexity index is 303. The van der Waals surface area contributed by atoms with Crippen LogP contribution in [-0.2, 0) is 9.53 Å². The average Bonchev–Trinajstić information content (AvgIpc) is 3.01. The molecule has 2 aliphatic rings. The number of rotatable bonds is 6. The van der Waals surface area contributed by atoms with Crippen LogP contribution in [0, 0.1) is 11.8 Å². The summed E-state index contributed by atoms with van der Waals surface area (Å²) < 4.78 is 5.43. The minimum Gasteiger partial charge on any atom is -0.381 e. The molecule has 0 bridgehead atoms. The Morgan fingerprint density at radius 1 is 1.47 bits per heavy atom. The van der Waals surface area contributed by atoms with Gasteiger partial charge in [-0.15, -0.1) is 0 Å². The number of nitrogens with zero attached hydrogens (tertiary/aromatic N) is 1. The summed E-state index contributed by atoms with van der Waals surface area (Å²) >= 11 is 0. The first-order valence-electron chi connectivity index (χ1n) is 7.81. The van der Waals surface area contributed by atoms with Crippen LogP contribution in [0.2, 0.25) is 0 Å². The van der Waals surface area contributed by atoms with Gasteiger partial charge in [-0.1, -0.05) is 33.6 Å². The van der Waals surface area contributed by atoms with Crippen LogP contribution < -0.4 is 5.32 Å². The summed E-state index contributed by atoms with van der Waals surface area (Å²) in [5, 5.41) is 3.55. The predicted molar refractivity (Wildman–Crippen MR) is 75.7 cm³/mol. The summed E-state index contributed by atoms with van der Waals surface area (Å²) in [6.45, 7) is 9.04. The third-order valence-electron chi connectivity index (χ3n) is 4.55. The molecule has 2 rings (SSSR count). The lowest BCUT2D eigenvalue weighted by molar-refractivity contribution is -0.131. The highest BCUT2D eigenvalue weighted by Gasteiger charge is 2.41. The molecule has 0 aromatic carbocycles. The largest absolute Gasteiger partial charge is 0.381 e. The predicted octanol–water partition coefficient (Wildman–Crippen LogP) is 2.00. The standard InChI is InChI=1S/C15H28N2O2/c1-4-6-13-16-14(11(3)5-2)15(18)17(13)9-12-7-8-19-10-12/h11-14,16H,4-10H2,1-3H3. The third-order valence-corrected chi connectivity index (χ3v) is 4.55. The van der Waals surface area contributed by atoms with Crippen molar-refractivity contribution in [2.24, 2.45) is 11.8 Å². The van der Waals surface area contributed by atoms with Crippen LogP contribution >= 0.6 is 0 Å². The number of hydrogen-bond donors (Lipinski definition) is 1. The summed E-state index contributed by atoms with van der Waals surface area (Å²) in [7, 11) is 0. The van der Waals surface area contributed by atoms with Crippen molar-refractivity contribution in [3.8, 4) is 0 Å². The van der Waals surface area contributed by atoms with E-state index in [0.717, 1.165) is 45.4 Å². The zero-order chi connectivity index (χ0) is 13.8. The summed E-state index contributed by atoms with van der Waals surface area (Å²) in [4.78, 5) is 14.7. The zero-order valence-electron chi connectivity index (χ0n) is 12.5. The molecule has 4 atom stereocenters. The summed E-state index contributed by atoms with van der Waals surface area (Å²) in [6.07, 6.45) is 4.53. The lowest BCUT2D eigenvalue weighted by Gasteiger charge is -2.26. The molecule has 0 saturated carbocycles. The van der Waals surface area contributed by atoms with Gasteiger partial charge >= 0.3 is 0 Å². The van der Waals surface area contributed by atoms with Crippen molar-refractivity contribution in [3.63, 3.8) is 0 Å². The van der Waals surface area contributed by atoms with Crippen molar-refractivity contribution < 1.29 is 9.53 Å². The number of nitrogens with one attached hydrogen (secondary N) is 1. The zero-order valence-corrected chi connectivity index (χ0v) is 12.5. The summed E-state index contributed by atoms with van der Waals surface area (Å²) in [5.74, 6) is 1.25. The number of carbonyl (C=O) groups is 1. The Balaban J connectivity index is 2.01. The van der Waals surface area contributed by atoms with Crippen LogP contribution in [-0.4, -0.2) is 42.8 Å². The smallest absolute Gasteiger partial charge is 0.241 e. The number of amides is 1. The second-order valence-corrected chi connectivity index (χ2v) is 6.05. The van der Waals surface area contributed by atoms with Crippen LogP contribution in [0.25, 0.3) is 0 Å². The van der Waals surface area contributed by atoms with Gasteiger partial charge in [0.1, 0.15) is 0 Å². The number of ether oxygens (including phenoxy) is 1. The average molecular weight is 268 g/mol. The van der Waals surface area contributed by atoms with Gasteiger partial charge in [-0.3, -0.25) is 10.1 Å². The van der Waals surface area contributed by atoms with Gasteiger partial charge < -0.3 is 9.64 Å². The van der Waals surface area contributed by atoms with Crippen LogP contribution in [0.1, 0.15) is 46.5 Å². The maximum atomic E-state index is 12.6. The Labute approximate surface area is 116 Å². The SMILES string of the molecule is CCCC1NC(C(C)CC)C(=O)N1CC1CCOC1. The molecule has 1 N–H and O–H groups in total. The van der Waals surface area contributed by atoms with E-state index in [2.05, 4.69) is 31.0 Å². The maximum Gasteiger partial charge on any atom is 0.241 e. The number of hydrogen-bond acceptors (Lipinski definition) is 3.